The van der Waals surface area contributed by atoms with Crippen LogP contribution in [0.3, 0.4) is 0 Å². The van der Waals surface area contributed by atoms with E-state index in [1.165, 1.54) is 45.6 Å². The van der Waals surface area contributed by atoms with Crippen molar-refractivity contribution < 1.29 is 47.0 Å². The van der Waals surface area contributed by atoms with Gasteiger partial charge in [0.2, 0.25) is 35.2 Å². The van der Waals surface area contributed by atoms with E-state index in [9.17, 15) is 19.2 Å². The molecular formula is C38H42N10O10. The van der Waals surface area contributed by atoms with Gasteiger partial charge in [-0.2, -0.15) is 0 Å². The molecule has 20 heteroatoms. The van der Waals surface area contributed by atoms with E-state index >= 15 is 0 Å². The van der Waals surface area contributed by atoms with Gasteiger partial charge in [0.15, 0.2) is 18.1 Å². The summed E-state index contributed by atoms with van der Waals surface area (Å²) < 4.78 is 36.8. The fraction of sp³-hybridized carbons (Fsp3) is 0.316. The molecule has 0 fully saturated rings. The minimum absolute atomic E-state index is 0.00296. The van der Waals surface area contributed by atoms with Gasteiger partial charge in [-0.3, -0.25) is 29.8 Å². The molecule has 20 nitrogen and oxygen atoms in total. The number of hydrogen-bond donors (Lipinski definition) is 4. The van der Waals surface area contributed by atoms with Crippen molar-refractivity contribution in [2.24, 2.45) is 11.5 Å². The number of carbonyl (C=O) groups is 4. The van der Waals surface area contributed by atoms with Gasteiger partial charge in [0.05, 0.1) is 36.1 Å². The Bertz CT molecular complexity index is 2580. The van der Waals surface area contributed by atoms with E-state index in [0.29, 0.717) is 51.7 Å². The average molecular weight is 799 g/mol. The van der Waals surface area contributed by atoms with Crippen LogP contribution in [0, 0.1) is 27.7 Å². The highest BCUT2D eigenvalue weighted by Crippen LogP contribution is 2.33. The molecule has 0 saturated carbocycles. The number of nitrogens with zero attached hydrogens (tertiary/aromatic N) is 6. The molecule has 0 spiro atoms. The largest absolute Gasteiger partial charge is 0.494 e. The molecule has 0 aliphatic heterocycles. The smallest absolute Gasteiger partial charge is 0.295 e. The molecular weight excluding hydrogens is 756 g/mol. The van der Waals surface area contributed by atoms with Crippen LogP contribution in [-0.4, -0.2) is 86.9 Å². The van der Waals surface area contributed by atoms with Crippen LogP contribution in [0.1, 0.15) is 71.4 Å². The Morgan fingerprint density at radius 3 is 1.55 bits per heavy atom. The van der Waals surface area contributed by atoms with Crippen molar-refractivity contribution in [2.45, 2.75) is 53.5 Å². The predicted octanol–water partition coefficient (Wildman–Crippen LogP) is 3.95. The summed E-state index contributed by atoms with van der Waals surface area (Å²) in [5.41, 5.74) is 13.8. The Morgan fingerprint density at radius 2 is 1.16 bits per heavy atom. The van der Waals surface area contributed by atoms with Gasteiger partial charge in [-0.25, -0.2) is 19.9 Å². The Kier molecular flexibility index (Phi) is 11.9. The van der Waals surface area contributed by atoms with E-state index in [1.54, 1.807) is 49.0 Å². The molecule has 6 aromatic rings. The summed E-state index contributed by atoms with van der Waals surface area (Å²) in [6.45, 7) is 6.87. The molecule has 0 aliphatic rings. The second kappa shape index (κ2) is 17.0. The number of amides is 4. The lowest BCUT2D eigenvalue weighted by atomic mass is 10.1. The standard InChI is InChI=1S/C38H42N10O10/c1-18-31(57-20(3)41-18)35(51)45-37-43-24-14-22(33(39)49)16-26(53-5)29(24)47(37)11-8-9-12-48-30-25(44-38(48)46-36(52)32-19(2)42-21(4)58-32)15-23(34(40)50)17-27(30)56-13-10-28(54-6)55-7/h8-9,14-17,28H,10-13H2,1-7H3,(H2,39,49)(H2,40,50)(H,43,45,51)(H,44,46,52)/b9-8+. The van der Waals surface area contributed by atoms with E-state index < -0.39 is 29.9 Å². The maximum absolute atomic E-state index is 13.5. The SMILES string of the molecule is COc1cc(C(N)=O)cc2nc(NC(=O)c3oc(C)nc3C)n(C/C=C/Cn3c(NC(=O)c4oc(C)nc4C)nc4cc(C(N)=O)cc(OCCC(OC)OC)c43)c12. The van der Waals surface area contributed by atoms with Crippen LogP contribution < -0.4 is 31.6 Å². The van der Waals surface area contributed by atoms with Crippen molar-refractivity contribution in [2.75, 3.05) is 38.6 Å². The first-order valence-corrected chi connectivity index (χ1v) is 17.8. The first-order chi connectivity index (χ1) is 27.7. The molecule has 58 heavy (non-hydrogen) atoms. The molecule has 2 aromatic carbocycles. The van der Waals surface area contributed by atoms with Gasteiger partial charge in [0.1, 0.15) is 22.5 Å². The van der Waals surface area contributed by atoms with Gasteiger partial charge >= 0.3 is 0 Å². The number of primary amides is 2. The Balaban J connectivity index is 1.41. The van der Waals surface area contributed by atoms with Crippen LogP contribution in [0.25, 0.3) is 22.1 Å². The van der Waals surface area contributed by atoms with Gasteiger partial charge in [-0.05, 0) is 38.1 Å². The summed E-state index contributed by atoms with van der Waals surface area (Å²) in [6.07, 6.45) is 3.35. The topological polar surface area (TPSA) is 269 Å². The molecule has 0 bridgehead atoms. The fourth-order valence-corrected chi connectivity index (χ4v) is 6.31. The summed E-state index contributed by atoms with van der Waals surface area (Å²) in [5, 5.41) is 5.59. The molecule has 0 radical (unpaired) electrons. The molecule has 6 N–H and O–H groups in total. The zero-order valence-corrected chi connectivity index (χ0v) is 32.8. The highest BCUT2D eigenvalue weighted by molar-refractivity contribution is 6.05. The van der Waals surface area contributed by atoms with E-state index in [-0.39, 0.29) is 65.7 Å². The van der Waals surface area contributed by atoms with Crippen molar-refractivity contribution in [3.63, 3.8) is 0 Å². The van der Waals surface area contributed by atoms with Gasteiger partial charge in [0.25, 0.3) is 11.8 Å². The van der Waals surface area contributed by atoms with Gasteiger partial charge < -0.3 is 48.4 Å². The highest BCUT2D eigenvalue weighted by Gasteiger charge is 2.25. The molecule has 4 amide bonds. The number of rotatable bonds is 17. The van der Waals surface area contributed by atoms with E-state index in [1.807, 2.05) is 0 Å². The van der Waals surface area contributed by atoms with E-state index in [2.05, 4.69) is 30.6 Å². The number of benzene rings is 2. The zero-order chi connectivity index (χ0) is 41.8. The number of oxazole rings is 2. The summed E-state index contributed by atoms with van der Waals surface area (Å²) in [7, 11) is 4.44. The Morgan fingerprint density at radius 1 is 0.707 bits per heavy atom. The number of aromatic nitrogens is 6. The monoisotopic (exact) mass is 798 g/mol. The van der Waals surface area contributed by atoms with Crippen LogP contribution in [0.2, 0.25) is 0 Å². The summed E-state index contributed by atoms with van der Waals surface area (Å²) >= 11 is 0. The van der Waals surface area contributed by atoms with E-state index in [4.69, 9.17) is 39.2 Å². The van der Waals surface area contributed by atoms with Crippen LogP contribution in [0.4, 0.5) is 11.9 Å². The minimum atomic E-state index is -0.714. The van der Waals surface area contributed by atoms with Crippen molar-refractivity contribution in [3.8, 4) is 11.5 Å². The first kappa shape index (κ1) is 40.6. The highest BCUT2D eigenvalue weighted by atomic mass is 16.7. The number of anilines is 2. The number of methoxy groups -OCH3 is 3. The van der Waals surface area contributed by atoms with Crippen LogP contribution in [0.5, 0.6) is 11.5 Å². The summed E-state index contributed by atoms with van der Waals surface area (Å²) in [5.74, 6) is -1.26. The number of hydrogen-bond acceptors (Lipinski definition) is 14. The second-order valence-corrected chi connectivity index (χ2v) is 12.9. The second-order valence-electron chi connectivity index (χ2n) is 12.9. The number of nitrogens with two attached hydrogens (primary N) is 2. The molecule has 6 rings (SSSR count). The number of fused-ring (bicyclic) bond motifs is 2. The quantitative estimate of drug-likeness (QED) is 0.0752. The normalized spacial score (nSPS) is 11.6. The number of nitrogens with one attached hydrogen (secondary N) is 2. The lowest BCUT2D eigenvalue weighted by molar-refractivity contribution is -0.110. The molecule has 0 aliphatic carbocycles. The molecule has 4 heterocycles. The number of allylic oxidation sites excluding steroid dienone is 2. The minimum Gasteiger partial charge on any atom is -0.494 e. The predicted molar refractivity (Wildman–Crippen MR) is 208 cm³/mol. The maximum Gasteiger partial charge on any atom is 0.295 e. The molecule has 0 unspecified atom stereocenters. The summed E-state index contributed by atoms with van der Waals surface area (Å²) in [6, 6.07) is 5.96. The van der Waals surface area contributed by atoms with Crippen molar-refractivity contribution >= 4 is 57.6 Å². The number of carbonyl (C=O) groups excluding carboxylic acids is 4. The third kappa shape index (κ3) is 8.37. The average Bonchev–Trinajstić information content (AvgIpc) is 3.92. The summed E-state index contributed by atoms with van der Waals surface area (Å²) in [4.78, 5) is 69.1. The zero-order valence-electron chi connectivity index (χ0n) is 32.8. The van der Waals surface area contributed by atoms with Gasteiger partial charge in [-0.1, -0.05) is 12.2 Å². The fourth-order valence-electron chi connectivity index (χ4n) is 6.31. The Hall–Kier alpha value is -7.06. The van der Waals surface area contributed by atoms with Crippen LogP contribution in [0.15, 0.2) is 45.3 Å². The molecule has 0 atom stereocenters. The number of imidazole rings is 2. The van der Waals surface area contributed by atoms with Crippen molar-refractivity contribution in [1.82, 2.24) is 29.1 Å². The van der Waals surface area contributed by atoms with Crippen LogP contribution >= 0.6 is 0 Å². The Labute approximate surface area is 330 Å². The van der Waals surface area contributed by atoms with Crippen molar-refractivity contribution in [1.29, 1.82) is 0 Å². The maximum atomic E-state index is 13.5. The van der Waals surface area contributed by atoms with Gasteiger partial charge in [-0.15, -0.1) is 0 Å². The molecule has 304 valence electrons. The number of ether oxygens (including phenoxy) is 4. The van der Waals surface area contributed by atoms with Crippen molar-refractivity contribution in [3.05, 3.63) is 82.2 Å². The first-order valence-electron chi connectivity index (χ1n) is 17.8. The third-order valence-electron chi connectivity index (χ3n) is 8.95. The molecule has 0 saturated heterocycles. The van der Waals surface area contributed by atoms with E-state index in [0.717, 1.165) is 0 Å². The lowest BCUT2D eigenvalue weighted by Crippen LogP contribution is -2.18. The lowest BCUT2D eigenvalue weighted by Gasteiger charge is -2.15. The van der Waals surface area contributed by atoms with Crippen LogP contribution in [-0.2, 0) is 22.6 Å². The van der Waals surface area contributed by atoms with Gasteiger partial charge in [0, 0.05) is 58.7 Å². The molecule has 4 aromatic heterocycles. The third-order valence-corrected chi connectivity index (χ3v) is 8.95. The number of aryl methyl sites for hydroxylation is 4.